The molecule has 0 rings (SSSR count). The highest BCUT2D eigenvalue weighted by Crippen LogP contribution is 2.50. The fourth-order valence-electron chi connectivity index (χ4n) is 1.47. The molecule has 2 nitrogen and oxygen atoms in total. The minimum Gasteiger partial charge on any atom is -0.327 e. The third-order valence-electron chi connectivity index (χ3n) is 2.36. The number of rotatable bonds is 9. The van der Waals surface area contributed by atoms with E-state index in [-0.39, 0.29) is 0 Å². The van der Waals surface area contributed by atoms with Crippen molar-refractivity contribution in [3.63, 3.8) is 0 Å². The van der Waals surface area contributed by atoms with Gasteiger partial charge in [-0.3, -0.25) is 0 Å². The third kappa shape index (κ3) is 10.3. The van der Waals surface area contributed by atoms with Gasteiger partial charge in [-0.25, -0.2) is 0 Å². The molecule has 0 spiro atoms. The molecule has 0 aromatic carbocycles. The fourth-order valence-corrected chi connectivity index (χ4v) is 3.57. The molecule has 0 saturated heterocycles. The summed E-state index contributed by atoms with van der Waals surface area (Å²) in [5, 5.41) is 0. The zero-order chi connectivity index (χ0) is 14.7. The molecule has 0 fully saturated rings. The standard InChI is InChI=1S/C15H27O2PS/c1-6-16-18(19,17-7-2)13-9-12-15(5)11-8-10-14(3)4/h9-10,12-13H,6-8,11H2,1-5H3/b13-9+,15-12+. The van der Waals surface area contributed by atoms with Crippen LogP contribution in [0.4, 0.5) is 0 Å². The number of allylic oxidation sites excluding steroid dienone is 5. The maximum atomic E-state index is 5.54. The fraction of sp³-hybridized carbons (Fsp3) is 0.600. The van der Waals surface area contributed by atoms with Gasteiger partial charge in [-0.2, -0.15) is 0 Å². The van der Waals surface area contributed by atoms with E-state index in [2.05, 4.69) is 32.9 Å². The Kier molecular flexibility index (Phi) is 10.4. The number of hydrogen-bond donors (Lipinski definition) is 0. The van der Waals surface area contributed by atoms with E-state index in [1.807, 2.05) is 25.7 Å². The van der Waals surface area contributed by atoms with Gasteiger partial charge in [0.1, 0.15) is 0 Å². The lowest BCUT2D eigenvalue weighted by atomic mass is 10.1. The maximum absolute atomic E-state index is 5.54. The van der Waals surface area contributed by atoms with Gasteiger partial charge in [0, 0.05) is 0 Å². The summed E-state index contributed by atoms with van der Waals surface area (Å²) in [5.74, 6) is 1.90. The van der Waals surface area contributed by atoms with E-state index < -0.39 is 6.49 Å². The molecule has 4 heteroatoms. The second kappa shape index (κ2) is 10.6. The second-order valence-electron chi connectivity index (χ2n) is 4.55. The highest BCUT2D eigenvalue weighted by atomic mass is 32.5. The Morgan fingerprint density at radius 1 is 1.11 bits per heavy atom. The third-order valence-corrected chi connectivity index (χ3v) is 5.13. The maximum Gasteiger partial charge on any atom is 0.212 e. The van der Waals surface area contributed by atoms with E-state index in [0.29, 0.717) is 13.2 Å². The van der Waals surface area contributed by atoms with Gasteiger partial charge in [0.25, 0.3) is 0 Å². The van der Waals surface area contributed by atoms with Crippen LogP contribution in [0, 0.1) is 0 Å². The lowest BCUT2D eigenvalue weighted by molar-refractivity contribution is 0.274. The van der Waals surface area contributed by atoms with Crippen molar-refractivity contribution in [3.8, 4) is 0 Å². The first-order chi connectivity index (χ1) is 8.93. The smallest absolute Gasteiger partial charge is 0.212 e. The highest BCUT2D eigenvalue weighted by molar-refractivity contribution is 8.11. The molecule has 19 heavy (non-hydrogen) atoms. The molecule has 0 heterocycles. The molecule has 0 unspecified atom stereocenters. The van der Waals surface area contributed by atoms with Crippen molar-refractivity contribution in [3.05, 3.63) is 35.2 Å². The van der Waals surface area contributed by atoms with Crippen molar-refractivity contribution in [2.75, 3.05) is 13.2 Å². The van der Waals surface area contributed by atoms with E-state index in [9.17, 15) is 0 Å². The Labute approximate surface area is 123 Å². The molecular formula is C15H27O2PS. The van der Waals surface area contributed by atoms with E-state index in [1.165, 1.54) is 11.1 Å². The van der Waals surface area contributed by atoms with Crippen LogP contribution in [0.3, 0.4) is 0 Å². The van der Waals surface area contributed by atoms with E-state index >= 15 is 0 Å². The Balaban J connectivity index is 4.43. The van der Waals surface area contributed by atoms with Crippen LogP contribution in [0.25, 0.3) is 0 Å². The molecule has 0 aliphatic rings. The Hall–Kier alpha value is -0.210. The molecule has 0 aliphatic heterocycles. The predicted octanol–water partition coefficient (Wildman–Crippen LogP) is 5.58. The molecule has 0 atom stereocenters. The van der Waals surface area contributed by atoms with Crippen LogP contribution in [0.5, 0.6) is 0 Å². The van der Waals surface area contributed by atoms with Gasteiger partial charge in [0.2, 0.25) is 6.49 Å². The summed E-state index contributed by atoms with van der Waals surface area (Å²) in [6.07, 6.45) is 8.49. The summed E-state index contributed by atoms with van der Waals surface area (Å²) in [6.45, 7) is 9.21. The average molecular weight is 302 g/mol. The van der Waals surface area contributed by atoms with Gasteiger partial charge < -0.3 is 9.05 Å². The number of hydrogen-bond acceptors (Lipinski definition) is 3. The molecule has 0 radical (unpaired) electrons. The van der Waals surface area contributed by atoms with E-state index in [0.717, 1.165) is 12.8 Å². The van der Waals surface area contributed by atoms with Crippen molar-refractivity contribution in [2.45, 2.75) is 47.5 Å². The second-order valence-corrected chi connectivity index (χ2v) is 7.97. The van der Waals surface area contributed by atoms with Gasteiger partial charge in [-0.15, -0.1) is 0 Å². The minimum absolute atomic E-state index is 0.588. The van der Waals surface area contributed by atoms with Gasteiger partial charge in [-0.05, 0) is 65.1 Å². The zero-order valence-corrected chi connectivity index (χ0v) is 14.5. The predicted molar refractivity (Wildman–Crippen MR) is 89.1 cm³/mol. The van der Waals surface area contributed by atoms with Crippen LogP contribution in [-0.4, -0.2) is 13.2 Å². The van der Waals surface area contributed by atoms with Crippen molar-refractivity contribution in [1.82, 2.24) is 0 Å². The van der Waals surface area contributed by atoms with Crippen LogP contribution in [-0.2, 0) is 20.9 Å². The molecular weight excluding hydrogens is 275 g/mol. The van der Waals surface area contributed by atoms with Crippen LogP contribution in [0.1, 0.15) is 47.5 Å². The molecule has 0 amide bonds. The van der Waals surface area contributed by atoms with Crippen LogP contribution in [0.15, 0.2) is 35.2 Å². The van der Waals surface area contributed by atoms with Crippen molar-refractivity contribution in [2.24, 2.45) is 0 Å². The van der Waals surface area contributed by atoms with Gasteiger partial charge in [-0.1, -0.05) is 29.4 Å². The Morgan fingerprint density at radius 2 is 1.68 bits per heavy atom. The highest BCUT2D eigenvalue weighted by Gasteiger charge is 2.12. The molecule has 0 aromatic rings. The van der Waals surface area contributed by atoms with E-state index in [4.69, 9.17) is 20.9 Å². The van der Waals surface area contributed by atoms with Crippen LogP contribution < -0.4 is 0 Å². The first-order valence-electron chi connectivity index (χ1n) is 6.80. The first-order valence-corrected chi connectivity index (χ1v) is 9.51. The molecule has 0 N–H and O–H groups in total. The topological polar surface area (TPSA) is 18.5 Å². The Morgan fingerprint density at radius 3 is 2.16 bits per heavy atom. The summed E-state index contributed by atoms with van der Waals surface area (Å²) < 4.78 is 11.1. The van der Waals surface area contributed by atoms with Crippen LogP contribution in [0.2, 0.25) is 0 Å². The van der Waals surface area contributed by atoms with Gasteiger partial charge in [0.05, 0.1) is 13.2 Å². The molecule has 0 bridgehead atoms. The van der Waals surface area contributed by atoms with Gasteiger partial charge >= 0.3 is 0 Å². The zero-order valence-electron chi connectivity index (χ0n) is 12.8. The summed E-state index contributed by atoms with van der Waals surface area (Å²) in [6, 6.07) is 0. The summed E-state index contributed by atoms with van der Waals surface area (Å²) >= 11 is 5.41. The molecule has 0 aliphatic carbocycles. The monoisotopic (exact) mass is 302 g/mol. The van der Waals surface area contributed by atoms with Crippen molar-refractivity contribution < 1.29 is 9.05 Å². The summed E-state index contributed by atoms with van der Waals surface area (Å²) in [5.41, 5.74) is 2.70. The lowest BCUT2D eigenvalue weighted by Gasteiger charge is -2.16. The van der Waals surface area contributed by atoms with Crippen molar-refractivity contribution >= 4 is 18.3 Å². The molecule has 0 saturated carbocycles. The van der Waals surface area contributed by atoms with Gasteiger partial charge in [0.15, 0.2) is 0 Å². The average Bonchev–Trinajstić information content (AvgIpc) is 2.28. The van der Waals surface area contributed by atoms with Crippen LogP contribution >= 0.6 is 6.49 Å². The van der Waals surface area contributed by atoms with E-state index in [1.54, 1.807) is 0 Å². The first kappa shape index (κ1) is 18.8. The minimum atomic E-state index is -2.22. The quantitative estimate of drug-likeness (QED) is 0.315. The summed E-state index contributed by atoms with van der Waals surface area (Å²) in [4.78, 5) is 0. The molecule has 0 aromatic heterocycles. The molecule has 110 valence electrons. The van der Waals surface area contributed by atoms with Crippen molar-refractivity contribution in [1.29, 1.82) is 0 Å². The largest absolute Gasteiger partial charge is 0.327 e. The lowest BCUT2D eigenvalue weighted by Crippen LogP contribution is -1.92. The normalized spacial score (nSPS) is 13.0. The summed E-state index contributed by atoms with van der Waals surface area (Å²) in [7, 11) is 0. The Bertz CT molecular complexity index is 370. The SMILES string of the molecule is CCOP(=S)(/C=C/C=C(\C)CCC=C(C)C)OCC.